The molecule has 0 radical (unpaired) electrons. The maximum absolute atomic E-state index is 11.9. The van der Waals surface area contributed by atoms with Crippen LogP contribution in [0.2, 0.25) is 0 Å². The zero-order valence-corrected chi connectivity index (χ0v) is 12.1. The third-order valence-electron chi connectivity index (χ3n) is 2.58. The number of amides is 2. The van der Waals surface area contributed by atoms with Gasteiger partial charge in [0.15, 0.2) is 6.61 Å². The van der Waals surface area contributed by atoms with Crippen LogP contribution in [0.15, 0.2) is 22.8 Å². The molecule has 0 aliphatic heterocycles. The third-order valence-corrected chi connectivity index (χ3v) is 2.58. The van der Waals surface area contributed by atoms with Gasteiger partial charge >= 0.3 is 6.09 Å². The number of rotatable bonds is 7. The number of alkyl carbamates (subject to hydrolysis) is 1. The largest absolute Gasteiger partial charge is 0.466 e. The second-order valence-corrected chi connectivity index (χ2v) is 4.86. The van der Waals surface area contributed by atoms with Crippen LogP contribution in [0.1, 0.15) is 26.0 Å². The maximum Gasteiger partial charge on any atom is 0.408 e. The topological polar surface area (TPSA) is 104 Å². The van der Waals surface area contributed by atoms with Gasteiger partial charge in [0.25, 0.3) is 0 Å². The highest BCUT2D eigenvalue weighted by Crippen LogP contribution is 2.06. The number of nitriles is 1. The minimum atomic E-state index is -0.734. The minimum absolute atomic E-state index is 0.00690. The number of ether oxygens (including phenoxy) is 1. The minimum Gasteiger partial charge on any atom is -0.466 e. The highest BCUT2D eigenvalue weighted by molar-refractivity contribution is 5.85. The van der Waals surface area contributed by atoms with Crippen LogP contribution in [0.4, 0.5) is 4.79 Å². The quantitative estimate of drug-likeness (QED) is 0.742. The number of nitrogens with zero attached hydrogens (tertiary/aromatic N) is 1. The first-order chi connectivity index (χ1) is 10.0. The Labute approximate surface area is 123 Å². The fourth-order valence-electron chi connectivity index (χ4n) is 1.67. The van der Waals surface area contributed by atoms with E-state index in [1.165, 1.54) is 6.26 Å². The summed E-state index contributed by atoms with van der Waals surface area (Å²) in [6, 6.07) is 4.45. The van der Waals surface area contributed by atoms with Crippen molar-refractivity contribution in [1.29, 1.82) is 5.26 Å². The van der Waals surface area contributed by atoms with Crippen LogP contribution >= 0.6 is 0 Å². The third kappa shape index (κ3) is 6.47. The molecule has 0 fully saturated rings. The Bertz CT molecular complexity index is 491. The molecule has 0 unspecified atom stereocenters. The van der Waals surface area contributed by atoms with E-state index in [-0.39, 0.29) is 19.1 Å². The van der Waals surface area contributed by atoms with Gasteiger partial charge in [-0.3, -0.25) is 4.79 Å². The van der Waals surface area contributed by atoms with Crippen molar-refractivity contribution >= 4 is 12.0 Å². The van der Waals surface area contributed by atoms with E-state index >= 15 is 0 Å². The van der Waals surface area contributed by atoms with Crippen molar-refractivity contribution in [2.75, 3.05) is 6.54 Å². The Hall–Kier alpha value is -2.49. The number of hydrogen-bond donors (Lipinski definition) is 2. The molecule has 114 valence electrons. The van der Waals surface area contributed by atoms with Gasteiger partial charge in [-0.1, -0.05) is 13.8 Å². The first-order valence-corrected chi connectivity index (χ1v) is 6.63. The number of carbonyl (C=O) groups excluding carboxylic acids is 2. The van der Waals surface area contributed by atoms with Crippen LogP contribution in [-0.2, 0) is 16.1 Å². The molecule has 1 aromatic rings. The predicted molar refractivity (Wildman–Crippen MR) is 73.9 cm³/mol. The van der Waals surface area contributed by atoms with Gasteiger partial charge in [-0.15, -0.1) is 0 Å². The van der Waals surface area contributed by atoms with E-state index in [4.69, 9.17) is 14.4 Å². The van der Waals surface area contributed by atoms with E-state index in [2.05, 4.69) is 10.6 Å². The van der Waals surface area contributed by atoms with Crippen LogP contribution in [0.3, 0.4) is 0 Å². The van der Waals surface area contributed by atoms with E-state index in [0.717, 1.165) is 0 Å². The fraction of sp³-hybridized carbons (Fsp3) is 0.500. The number of furan rings is 1. The van der Waals surface area contributed by atoms with E-state index < -0.39 is 18.0 Å². The summed E-state index contributed by atoms with van der Waals surface area (Å²) < 4.78 is 10.00. The lowest BCUT2D eigenvalue weighted by molar-refractivity contribution is -0.123. The first kappa shape index (κ1) is 16.6. The van der Waals surface area contributed by atoms with Crippen LogP contribution in [0.25, 0.3) is 0 Å². The highest BCUT2D eigenvalue weighted by Gasteiger charge is 2.22. The van der Waals surface area contributed by atoms with Gasteiger partial charge in [0.05, 0.1) is 12.3 Å². The van der Waals surface area contributed by atoms with Crippen LogP contribution in [-0.4, -0.2) is 24.6 Å². The molecule has 0 saturated heterocycles. The molecule has 0 aliphatic rings. The molecule has 2 amide bonds. The molecule has 1 atom stereocenters. The van der Waals surface area contributed by atoms with E-state index in [1.54, 1.807) is 12.1 Å². The van der Waals surface area contributed by atoms with Crippen LogP contribution in [0, 0.1) is 17.2 Å². The van der Waals surface area contributed by atoms with Gasteiger partial charge in [0, 0.05) is 0 Å². The Balaban J connectivity index is 2.48. The van der Waals surface area contributed by atoms with Crippen molar-refractivity contribution in [1.82, 2.24) is 10.6 Å². The molecule has 0 bridgehead atoms. The summed E-state index contributed by atoms with van der Waals surface area (Å²) in [7, 11) is 0. The smallest absolute Gasteiger partial charge is 0.408 e. The number of carbonyl (C=O) groups is 2. The summed E-state index contributed by atoms with van der Waals surface area (Å²) in [6.45, 7) is 3.75. The Morgan fingerprint density at radius 3 is 2.81 bits per heavy atom. The summed E-state index contributed by atoms with van der Waals surface area (Å²) in [6.07, 6.45) is 1.23. The molecule has 0 spiro atoms. The molecular weight excluding hydrogens is 274 g/mol. The van der Waals surface area contributed by atoms with Crippen molar-refractivity contribution in [2.45, 2.75) is 32.9 Å². The van der Waals surface area contributed by atoms with Crippen molar-refractivity contribution in [3.05, 3.63) is 24.2 Å². The second kappa shape index (κ2) is 8.64. The average molecular weight is 293 g/mol. The summed E-state index contributed by atoms with van der Waals surface area (Å²) in [4.78, 5) is 23.5. The molecular formula is C14H19N3O4. The summed E-state index contributed by atoms with van der Waals surface area (Å²) in [5, 5.41) is 13.4. The van der Waals surface area contributed by atoms with Crippen LogP contribution in [0.5, 0.6) is 0 Å². The van der Waals surface area contributed by atoms with Crippen molar-refractivity contribution < 1.29 is 18.7 Å². The van der Waals surface area contributed by atoms with Crippen molar-refractivity contribution in [3.63, 3.8) is 0 Å². The molecule has 7 nitrogen and oxygen atoms in total. The zero-order chi connectivity index (χ0) is 15.7. The molecule has 1 heterocycles. The number of nitrogens with one attached hydrogen (secondary N) is 2. The second-order valence-electron chi connectivity index (χ2n) is 4.86. The monoisotopic (exact) mass is 293 g/mol. The van der Waals surface area contributed by atoms with Gasteiger partial charge in [-0.2, -0.15) is 5.26 Å². The van der Waals surface area contributed by atoms with Gasteiger partial charge in [0.1, 0.15) is 18.3 Å². The van der Waals surface area contributed by atoms with Crippen molar-refractivity contribution in [3.8, 4) is 6.07 Å². The van der Waals surface area contributed by atoms with Gasteiger partial charge < -0.3 is 19.8 Å². The summed E-state index contributed by atoms with van der Waals surface area (Å²) >= 11 is 0. The van der Waals surface area contributed by atoms with E-state index in [0.29, 0.717) is 12.2 Å². The normalized spacial score (nSPS) is 11.5. The van der Waals surface area contributed by atoms with Crippen molar-refractivity contribution in [2.24, 2.45) is 5.92 Å². The maximum atomic E-state index is 11.9. The van der Waals surface area contributed by atoms with Gasteiger partial charge in [-0.05, 0) is 24.5 Å². The number of hydrogen-bond acceptors (Lipinski definition) is 5. The lowest BCUT2D eigenvalue weighted by atomic mass is 10.0. The highest BCUT2D eigenvalue weighted by atomic mass is 16.6. The van der Waals surface area contributed by atoms with Crippen LogP contribution < -0.4 is 10.6 Å². The summed E-state index contributed by atoms with van der Waals surface area (Å²) in [5.41, 5.74) is 0. The SMILES string of the molecule is CC(C)C[C@@H](NC(=O)OCc1ccco1)C(=O)NCC#N. The lowest BCUT2D eigenvalue weighted by Crippen LogP contribution is -2.47. The van der Waals surface area contributed by atoms with Gasteiger partial charge in [-0.25, -0.2) is 4.79 Å². The molecule has 1 rings (SSSR count). The zero-order valence-electron chi connectivity index (χ0n) is 12.1. The van der Waals surface area contributed by atoms with E-state index in [9.17, 15) is 9.59 Å². The Kier molecular flexibility index (Phi) is 6.81. The molecule has 2 N–H and O–H groups in total. The molecule has 1 aromatic heterocycles. The summed E-state index contributed by atoms with van der Waals surface area (Å²) in [5.74, 6) is 0.313. The molecule has 0 aromatic carbocycles. The standard InChI is InChI=1S/C14H19N3O4/c1-10(2)8-12(13(18)16-6-5-15)17-14(19)21-9-11-4-3-7-20-11/h3-4,7,10,12H,6,8-9H2,1-2H3,(H,16,18)(H,17,19)/t12-/m1/s1. The fourth-order valence-corrected chi connectivity index (χ4v) is 1.67. The predicted octanol–water partition coefficient (Wildman–Crippen LogP) is 1.56. The molecule has 7 heteroatoms. The molecule has 0 saturated carbocycles. The average Bonchev–Trinajstić information content (AvgIpc) is 2.94. The molecule has 0 aliphatic carbocycles. The van der Waals surface area contributed by atoms with Gasteiger partial charge in [0.2, 0.25) is 5.91 Å². The Morgan fingerprint density at radius 2 is 2.24 bits per heavy atom. The molecule has 21 heavy (non-hydrogen) atoms. The lowest BCUT2D eigenvalue weighted by Gasteiger charge is -2.19. The first-order valence-electron chi connectivity index (χ1n) is 6.63. The Morgan fingerprint density at radius 1 is 1.48 bits per heavy atom. The van der Waals surface area contributed by atoms with E-state index in [1.807, 2.05) is 19.9 Å².